The molecule has 0 bridgehead atoms. The van der Waals surface area contributed by atoms with Crippen LogP contribution in [0.1, 0.15) is 34.5 Å². The topological polar surface area (TPSA) is 71.3 Å². The van der Waals surface area contributed by atoms with Gasteiger partial charge in [0.05, 0.1) is 21.5 Å². The lowest BCUT2D eigenvalue weighted by molar-refractivity contribution is -0.121. The number of rotatable bonds is 3. The van der Waals surface area contributed by atoms with Crippen molar-refractivity contribution in [3.05, 3.63) is 62.8 Å². The third kappa shape index (κ3) is 3.34. The van der Waals surface area contributed by atoms with E-state index in [2.05, 4.69) is 5.32 Å². The Labute approximate surface area is 174 Å². The summed E-state index contributed by atoms with van der Waals surface area (Å²) in [5.41, 5.74) is 0.418. The van der Waals surface area contributed by atoms with E-state index in [1.165, 1.54) is 39.1 Å². The molecule has 1 unspecified atom stereocenters. The average molecular weight is 441 g/mol. The molecule has 1 amide bonds. The number of fused-ring (bicyclic) bond motifs is 1. The van der Waals surface area contributed by atoms with Crippen LogP contribution in [-0.2, 0) is 4.79 Å². The molecular formula is C20H16Cl2F2N2O3. The van der Waals surface area contributed by atoms with Crippen LogP contribution < -0.4 is 5.32 Å². The van der Waals surface area contributed by atoms with Crippen molar-refractivity contribution in [2.45, 2.75) is 19.8 Å². The molecule has 5 nitrogen and oxygen atoms in total. The Morgan fingerprint density at radius 1 is 1.17 bits per heavy atom. The van der Waals surface area contributed by atoms with E-state index in [0.717, 1.165) is 10.6 Å². The van der Waals surface area contributed by atoms with Gasteiger partial charge in [-0.2, -0.15) is 0 Å². The summed E-state index contributed by atoms with van der Waals surface area (Å²) in [5, 5.41) is 12.4. The van der Waals surface area contributed by atoms with Gasteiger partial charge in [0.1, 0.15) is 0 Å². The Kier molecular flexibility index (Phi) is 5.56. The van der Waals surface area contributed by atoms with Gasteiger partial charge in [-0.05, 0) is 37.6 Å². The van der Waals surface area contributed by atoms with Crippen molar-refractivity contribution in [1.29, 1.82) is 0 Å². The molecule has 3 aromatic rings. The van der Waals surface area contributed by atoms with Crippen molar-refractivity contribution in [3.63, 3.8) is 0 Å². The molecule has 2 N–H and O–H groups in total. The van der Waals surface area contributed by atoms with E-state index in [-0.39, 0.29) is 37.8 Å². The van der Waals surface area contributed by atoms with Gasteiger partial charge < -0.3 is 10.4 Å². The summed E-state index contributed by atoms with van der Waals surface area (Å²) in [6.07, 6.45) is 0. The predicted molar refractivity (Wildman–Crippen MR) is 107 cm³/mol. The summed E-state index contributed by atoms with van der Waals surface area (Å²) in [7, 11) is 1.42. The molecule has 9 heteroatoms. The Balaban J connectivity index is 2.38. The van der Waals surface area contributed by atoms with Crippen LogP contribution in [0.2, 0.25) is 10.0 Å². The number of likely N-dealkylation sites (N-methyl/N-ethyl adjacent to an activating group) is 1. The van der Waals surface area contributed by atoms with Crippen LogP contribution in [0.3, 0.4) is 0 Å². The summed E-state index contributed by atoms with van der Waals surface area (Å²) < 4.78 is 30.0. The van der Waals surface area contributed by atoms with E-state index in [1.807, 2.05) is 0 Å². The highest BCUT2D eigenvalue weighted by molar-refractivity contribution is 6.42. The molecule has 0 fully saturated rings. The first-order valence-corrected chi connectivity index (χ1v) is 9.28. The molecular weight excluding hydrogens is 425 g/mol. The third-order valence-electron chi connectivity index (χ3n) is 4.85. The monoisotopic (exact) mass is 440 g/mol. The molecule has 0 aliphatic heterocycles. The van der Waals surface area contributed by atoms with Crippen LogP contribution in [0.15, 0.2) is 24.3 Å². The summed E-state index contributed by atoms with van der Waals surface area (Å²) >= 11 is 11.9. The number of nitrogens with one attached hydrogen (secondary N) is 1. The molecule has 152 valence electrons. The van der Waals surface area contributed by atoms with E-state index in [1.54, 1.807) is 0 Å². The number of nitrogens with zero attached hydrogens (tertiary/aromatic N) is 1. The molecule has 0 radical (unpaired) electrons. The fourth-order valence-electron chi connectivity index (χ4n) is 3.41. The Bertz CT molecular complexity index is 1170. The normalized spacial score (nSPS) is 12.2. The Morgan fingerprint density at radius 3 is 2.41 bits per heavy atom. The maximum absolute atomic E-state index is 14.8. The van der Waals surface area contributed by atoms with Crippen molar-refractivity contribution in [1.82, 2.24) is 9.88 Å². The second-order valence-corrected chi connectivity index (χ2v) is 7.33. The highest BCUT2D eigenvalue weighted by atomic mass is 35.5. The number of phenolic OH excluding ortho intramolecular Hbond substituents is 1. The van der Waals surface area contributed by atoms with Gasteiger partial charge in [0.25, 0.3) is 5.91 Å². The first-order chi connectivity index (χ1) is 13.6. The van der Waals surface area contributed by atoms with E-state index >= 15 is 0 Å². The number of hydrogen-bond acceptors (Lipinski definition) is 3. The highest BCUT2D eigenvalue weighted by Crippen LogP contribution is 2.38. The number of carbonyl (C=O) groups is 2. The maximum Gasteiger partial charge on any atom is 0.262 e. The van der Waals surface area contributed by atoms with Gasteiger partial charge in [0.2, 0.25) is 5.91 Å². The second kappa shape index (κ2) is 7.65. The van der Waals surface area contributed by atoms with Gasteiger partial charge in [-0.1, -0.05) is 23.2 Å². The van der Waals surface area contributed by atoms with Gasteiger partial charge >= 0.3 is 0 Å². The Morgan fingerprint density at radius 2 is 1.83 bits per heavy atom. The zero-order valence-corrected chi connectivity index (χ0v) is 17.1. The smallest absolute Gasteiger partial charge is 0.262 e. The van der Waals surface area contributed by atoms with Gasteiger partial charge in [0, 0.05) is 29.8 Å². The molecule has 1 aromatic heterocycles. The summed E-state index contributed by atoms with van der Waals surface area (Å²) in [6, 6.07) is 5.05. The first-order valence-electron chi connectivity index (χ1n) is 8.53. The van der Waals surface area contributed by atoms with Crippen LogP contribution in [0.25, 0.3) is 10.9 Å². The molecule has 0 saturated heterocycles. The van der Waals surface area contributed by atoms with Crippen LogP contribution in [0.4, 0.5) is 8.78 Å². The molecule has 1 atom stereocenters. The van der Waals surface area contributed by atoms with E-state index in [9.17, 15) is 23.5 Å². The fourth-order valence-corrected chi connectivity index (χ4v) is 3.71. The number of hydrogen-bond donors (Lipinski definition) is 2. The molecule has 29 heavy (non-hydrogen) atoms. The van der Waals surface area contributed by atoms with Crippen LogP contribution in [0.5, 0.6) is 5.75 Å². The number of phenols is 1. The highest BCUT2D eigenvalue weighted by Gasteiger charge is 2.30. The zero-order valence-electron chi connectivity index (χ0n) is 15.6. The second-order valence-electron chi connectivity index (χ2n) is 6.52. The fraction of sp³-hybridized carbons (Fsp3) is 0.200. The van der Waals surface area contributed by atoms with Gasteiger partial charge in [-0.15, -0.1) is 0 Å². The molecule has 0 spiro atoms. The van der Waals surface area contributed by atoms with Gasteiger partial charge in [0.15, 0.2) is 17.4 Å². The van der Waals surface area contributed by atoms with Crippen LogP contribution >= 0.6 is 23.2 Å². The van der Waals surface area contributed by atoms with Crippen molar-refractivity contribution >= 4 is 45.9 Å². The van der Waals surface area contributed by atoms with Crippen LogP contribution in [0, 0.1) is 18.6 Å². The number of carbonyl (C=O) groups excluding carboxylic acids is 2. The molecule has 0 saturated carbocycles. The molecule has 1 heterocycles. The lowest BCUT2D eigenvalue weighted by atomic mass is 9.96. The third-order valence-corrected chi connectivity index (χ3v) is 5.59. The lowest BCUT2D eigenvalue weighted by Crippen LogP contribution is -2.24. The number of amides is 1. The van der Waals surface area contributed by atoms with Crippen molar-refractivity contribution in [3.8, 4) is 5.75 Å². The first kappa shape index (κ1) is 21.1. The molecule has 0 aliphatic carbocycles. The van der Waals surface area contributed by atoms with E-state index in [0.29, 0.717) is 0 Å². The van der Waals surface area contributed by atoms with Gasteiger partial charge in [-0.25, -0.2) is 8.78 Å². The minimum absolute atomic E-state index is 0.114. The minimum atomic E-state index is -1.24. The molecule has 2 aromatic carbocycles. The SMILES string of the molecule is CNC(=O)C(C)c1c(C)n(C(=O)c2ccc(Cl)c(Cl)c2)c2cc(F)c(O)c(F)c12. The summed E-state index contributed by atoms with van der Waals surface area (Å²) in [4.78, 5) is 25.4. The Hall–Kier alpha value is -2.64. The zero-order chi connectivity index (χ0) is 21.6. The average Bonchev–Trinajstić information content (AvgIpc) is 2.98. The van der Waals surface area contributed by atoms with E-state index < -0.39 is 35.1 Å². The van der Waals surface area contributed by atoms with E-state index in [4.69, 9.17) is 23.2 Å². The summed E-state index contributed by atoms with van der Waals surface area (Å²) in [5.74, 6) is -5.57. The number of aromatic nitrogens is 1. The number of halogens is 4. The number of benzene rings is 2. The standard InChI is InChI=1S/C20H16Cl2F2N2O3/c1-8(19(28)25-3)15-9(2)26(14-7-13(23)18(27)17(24)16(14)15)20(29)10-4-5-11(21)12(22)6-10/h4-8,27H,1-3H3,(H,25,28). The molecule has 0 aliphatic rings. The number of aromatic hydroxyl groups is 1. The van der Waals surface area contributed by atoms with Crippen LogP contribution in [-0.4, -0.2) is 28.5 Å². The minimum Gasteiger partial charge on any atom is -0.503 e. The van der Waals surface area contributed by atoms with Crippen molar-refractivity contribution < 1.29 is 23.5 Å². The summed E-state index contributed by atoms with van der Waals surface area (Å²) in [6.45, 7) is 3.03. The predicted octanol–water partition coefficient (Wildman–Crippen LogP) is 4.78. The van der Waals surface area contributed by atoms with Gasteiger partial charge in [-0.3, -0.25) is 14.2 Å². The molecule has 3 rings (SSSR count). The maximum atomic E-state index is 14.8. The van der Waals surface area contributed by atoms with Crippen molar-refractivity contribution in [2.24, 2.45) is 0 Å². The van der Waals surface area contributed by atoms with Crippen molar-refractivity contribution in [2.75, 3.05) is 7.05 Å². The lowest BCUT2D eigenvalue weighted by Gasteiger charge is -2.12. The quantitative estimate of drug-likeness (QED) is 0.615. The largest absolute Gasteiger partial charge is 0.503 e.